The summed E-state index contributed by atoms with van der Waals surface area (Å²) in [6.45, 7) is 2.19. The fraction of sp³-hybridized carbons (Fsp3) is 0.571. The number of nitrogens with zero attached hydrogens (tertiary/aromatic N) is 3. The number of hydrogen-bond acceptors (Lipinski definition) is 7. The Morgan fingerprint density at radius 1 is 1.29 bits per heavy atom. The van der Waals surface area contributed by atoms with Gasteiger partial charge in [0.25, 0.3) is 5.69 Å². The predicted octanol–water partition coefficient (Wildman–Crippen LogP) is 0.520. The molecule has 3 fully saturated rings. The van der Waals surface area contributed by atoms with Crippen molar-refractivity contribution in [2.75, 3.05) is 39.9 Å². The van der Waals surface area contributed by atoms with Crippen molar-refractivity contribution in [1.29, 1.82) is 0 Å². The van der Waals surface area contributed by atoms with Gasteiger partial charge in [0.15, 0.2) is 0 Å². The number of benzene rings is 1. The predicted molar refractivity (Wildman–Crippen MR) is 109 cm³/mol. The van der Waals surface area contributed by atoms with Crippen LogP contribution in [0.2, 0.25) is 0 Å². The summed E-state index contributed by atoms with van der Waals surface area (Å²) in [5.41, 5.74) is 0.384. The van der Waals surface area contributed by atoms with Crippen molar-refractivity contribution < 1.29 is 24.0 Å². The van der Waals surface area contributed by atoms with Crippen LogP contribution in [0.1, 0.15) is 24.4 Å². The molecule has 1 aromatic carbocycles. The van der Waals surface area contributed by atoms with Gasteiger partial charge in [-0.05, 0) is 12.0 Å². The summed E-state index contributed by atoms with van der Waals surface area (Å²) in [7, 11) is 1.40. The van der Waals surface area contributed by atoms with E-state index in [-0.39, 0.29) is 29.9 Å². The number of hydrogen-bond donors (Lipinski definition) is 1. The molecular weight excluding hydrogens is 404 g/mol. The first-order valence-corrected chi connectivity index (χ1v) is 10.5. The Hall–Kier alpha value is -2.85. The number of rotatable bonds is 5. The lowest BCUT2D eigenvalue weighted by Gasteiger charge is -2.36. The third kappa shape index (κ3) is 3.81. The van der Waals surface area contributed by atoms with Gasteiger partial charge in [-0.15, -0.1) is 0 Å². The van der Waals surface area contributed by atoms with Gasteiger partial charge in [0.1, 0.15) is 18.4 Å². The number of carbonyl (C=O) groups excluding carboxylic acids is 3. The second kappa shape index (κ2) is 8.72. The van der Waals surface area contributed by atoms with Crippen molar-refractivity contribution in [1.82, 2.24) is 15.1 Å². The van der Waals surface area contributed by atoms with Crippen molar-refractivity contribution in [3.8, 4) is 0 Å². The van der Waals surface area contributed by atoms with Crippen LogP contribution in [0.5, 0.6) is 0 Å². The number of ether oxygens (including phenoxy) is 1. The van der Waals surface area contributed by atoms with E-state index in [0.717, 1.165) is 0 Å². The molecule has 2 saturated heterocycles. The molecule has 1 aromatic rings. The molecular formula is C21H26N4O6. The Kier molecular flexibility index (Phi) is 6.01. The molecule has 10 heteroatoms. The summed E-state index contributed by atoms with van der Waals surface area (Å²) < 4.78 is 5.07. The number of Topliss-reactive ketones (excluding diaryl/α,β-unsaturated/α-hetero) is 1. The van der Waals surface area contributed by atoms with Gasteiger partial charge < -0.3 is 19.9 Å². The minimum Gasteiger partial charge on any atom is -0.375 e. The highest BCUT2D eigenvalue weighted by Gasteiger charge is 2.59. The number of fused-ring (bicyclic) bond motifs is 1. The minimum atomic E-state index is -0.776. The maximum absolute atomic E-state index is 13.6. The van der Waals surface area contributed by atoms with Crippen LogP contribution in [0.15, 0.2) is 24.3 Å². The van der Waals surface area contributed by atoms with E-state index in [2.05, 4.69) is 5.32 Å². The molecule has 1 saturated carbocycles. The normalized spacial score (nSPS) is 28.0. The van der Waals surface area contributed by atoms with Crippen molar-refractivity contribution in [2.24, 2.45) is 11.8 Å². The molecule has 4 rings (SSSR count). The van der Waals surface area contributed by atoms with Crippen molar-refractivity contribution in [3.63, 3.8) is 0 Å². The van der Waals surface area contributed by atoms with E-state index in [0.29, 0.717) is 44.6 Å². The van der Waals surface area contributed by atoms with Crippen LogP contribution >= 0.6 is 0 Å². The molecule has 31 heavy (non-hydrogen) atoms. The average molecular weight is 430 g/mol. The molecule has 10 nitrogen and oxygen atoms in total. The van der Waals surface area contributed by atoms with Crippen LogP contribution in [0, 0.1) is 22.0 Å². The topological polar surface area (TPSA) is 122 Å². The largest absolute Gasteiger partial charge is 0.375 e. The fourth-order valence-electron chi connectivity index (χ4n) is 5.28. The SMILES string of the molecule is COCC(=O)N1C(C(=O)N2CCNCC2)C2CCC(=O)C2C1c1cccc([N+](=O)[O-])c1. The smallest absolute Gasteiger partial charge is 0.269 e. The molecule has 0 spiro atoms. The molecule has 3 aliphatic rings. The summed E-state index contributed by atoms with van der Waals surface area (Å²) in [5, 5.41) is 14.5. The number of ketones is 1. The monoisotopic (exact) mass is 430 g/mol. The maximum Gasteiger partial charge on any atom is 0.269 e. The van der Waals surface area contributed by atoms with Crippen LogP contribution in [-0.4, -0.2) is 78.3 Å². The maximum atomic E-state index is 13.6. The first kappa shape index (κ1) is 21.4. The molecule has 1 aliphatic carbocycles. The molecule has 4 atom stereocenters. The average Bonchev–Trinajstić information content (AvgIpc) is 3.32. The minimum absolute atomic E-state index is 0.00710. The van der Waals surface area contributed by atoms with Crippen molar-refractivity contribution in [2.45, 2.75) is 24.9 Å². The summed E-state index contributed by atoms with van der Waals surface area (Å²) in [5.74, 6) is -1.43. The Labute approximate surface area is 179 Å². The first-order valence-electron chi connectivity index (χ1n) is 10.5. The molecule has 0 radical (unpaired) electrons. The van der Waals surface area contributed by atoms with Gasteiger partial charge in [-0.1, -0.05) is 12.1 Å². The summed E-state index contributed by atoms with van der Waals surface area (Å²) in [6, 6.07) is 4.51. The zero-order valence-electron chi connectivity index (χ0n) is 17.4. The van der Waals surface area contributed by atoms with E-state index in [1.54, 1.807) is 17.0 Å². The Balaban J connectivity index is 1.78. The van der Waals surface area contributed by atoms with E-state index in [1.165, 1.54) is 24.1 Å². The fourth-order valence-corrected chi connectivity index (χ4v) is 5.28. The number of nitrogens with one attached hydrogen (secondary N) is 1. The molecule has 2 heterocycles. The lowest BCUT2D eigenvalue weighted by molar-refractivity contribution is -0.385. The molecule has 0 bridgehead atoms. The zero-order chi connectivity index (χ0) is 22.1. The van der Waals surface area contributed by atoms with Gasteiger partial charge in [-0.3, -0.25) is 24.5 Å². The molecule has 2 amide bonds. The third-order valence-electron chi connectivity index (χ3n) is 6.56. The van der Waals surface area contributed by atoms with Crippen molar-refractivity contribution >= 4 is 23.3 Å². The van der Waals surface area contributed by atoms with Crippen LogP contribution in [0.25, 0.3) is 0 Å². The zero-order valence-corrected chi connectivity index (χ0v) is 17.4. The number of carbonyl (C=O) groups is 3. The molecule has 4 unspecified atom stereocenters. The summed E-state index contributed by atoms with van der Waals surface area (Å²) in [6.07, 6.45) is 0.868. The van der Waals surface area contributed by atoms with Gasteiger partial charge in [0.2, 0.25) is 11.8 Å². The highest BCUT2D eigenvalue weighted by atomic mass is 16.6. The lowest BCUT2D eigenvalue weighted by atomic mass is 9.86. The second-order valence-electron chi connectivity index (χ2n) is 8.25. The van der Waals surface area contributed by atoms with E-state index in [9.17, 15) is 24.5 Å². The second-order valence-corrected chi connectivity index (χ2v) is 8.25. The highest BCUT2D eigenvalue weighted by molar-refractivity contribution is 5.94. The molecule has 0 aromatic heterocycles. The number of non-ortho nitro benzene ring substituents is 1. The number of nitro groups is 1. The van der Waals surface area contributed by atoms with Gasteiger partial charge in [0, 0.05) is 63.7 Å². The number of amides is 2. The van der Waals surface area contributed by atoms with E-state index in [4.69, 9.17) is 4.74 Å². The Morgan fingerprint density at radius 2 is 2.03 bits per heavy atom. The van der Waals surface area contributed by atoms with Gasteiger partial charge in [-0.25, -0.2) is 0 Å². The van der Waals surface area contributed by atoms with Gasteiger partial charge >= 0.3 is 0 Å². The summed E-state index contributed by atoms with van der Waals surface area (Å²) >= 11 is 0. The number of likely N-dealkylation sites (tertiary alicyclic amines) is 1. The van der Waals surface area contributed by atoms with Crippen LogP contribution in [-0.2, 0) is 19.1 Å². The Morgan fingerprint density at radius 3 is 2.71 bits per heavy atom. The van der Waals surface area contributed by atoms with Crippen LogP contribution in [0.3, 0.4) is 0 Å². The van der Waals surface area contributed by atoms with Crippen molar-refractivity contribution in [3.05, 3.63) is 39.9 Å². The third-order valence-corrected chi connectivity index (χ3v) is 6.56. The quantitative estimate of drug-likeness (QED) is 0.534. The standard InChI is InChI=1S/C21H26N4O6/c1-31-12-17(27)24-19(13-3-2-4-14(11-13)25(29)30)18-15(5-6-16(18)26)20(24)21(28)23-9-7-22-8-10-23/h2-4,11,15,18-20,22H,5-10,12H2,1H3. The number of nitro benzene ring substituents is 1. The first-order chi connectivity index (χ1) is 14.9. The van der Waals surface area contributed by atoms with Crippen LogP contribution in [0.4, 0.5) is 5.69 Å². The molecule has 1 N–H and O–H groups in total. The van der Waals surface area contributed by atoms with E-state index in [1.807, 2.05) is 0 Å². The Bertz CT molecular complexity index is 900. The number of methoxy groups -OCH3 is 1. The van der Waals surface area contributed by atoms with E-state index < -0.39 is 28.8 Å². The highest BCUT2D eigenvalue weighted by Crippen LogP contribution is 2.52. The van der Waals surface area contributed by atoms with Crippen LogP contribution < -0.4 is 5.32 Å². The summed E-state index contributed by atoms with van der Waals surface area (Å²) in [4.78, 5) is 53.6. The molecule has 166 valence electrons. The van der Waals surface area contributed by atoms with Gasteiger partial charge in [-0.2, -0.15) is 0 Å². The van der Waals surface area contributed by atoms with E-state index >= 15 is 0 Å². The lowest BCUT2D eigenvalue weighted by Crippen LogP contribution is -2.55. The molecule has 2 aliphatic heterocycles. The number of piperazine rings is 1. The van der Waals surface area contributed by atoms with Gasteiger partial charge in [0.05, 0.1) is 11.0 Å².